The van der Waals surface area contributed by atoms with E-state index in [2.05, 4.69) is 26.9 Å². The van der Waals surface area contributed by atoms with Crippen LogP contribution in [0, 0.1) is 6.92 Å². The summed E-state index contributed by atoms with van der Waals surface area (Å²) < 4.78 is 0. The summed E-state index contributed by atoms with van der Waals surface area (Å²) in [5.41, 5.74) is 2.48. The predicted octanol–water partition coefficient (Wildman–Crippen LogP) is 1.51. The second-order valence-electron chi connectivity index (χ2n) is 4.05. The van der Waals surface area contributed by atoms with E-state index in [4.69, 9.17) is 0 Å². The molecule has 0 spiro atoms. The van der Waals surface area contributed by atoms with Crippen LogP contribution in [0.4, 0.5) is 5.82 Å². The highest BCUT2D eigenvalue weighted by Gasteiger charge is 2.02. The number of nitrogens with zero attached hydrogens (tertiary/aromatic N) is 2. The molecule has 1 aliphatic heterocycles. The Morgan fingerprint density at radius 1 is 1.38 bits per heavy atom. The van der Waals surface area contributed by atoms with Crippen LogP contribution in [0.5, 0.6) is 0 Å². The molecule has 2 N–H and O–H groups in total. The van der Waals surface area contributed by atoms with Crippen LogP contribution in [0.1, 0.15) is 18.5 Å². The van der Waals surface area contributed by atoms with Crippen LogP contribution >= 0.6 is 0 Å². The number of anilines is 1. The maximum absolute atomic E-state index is 4.07. The van der Waals surface area contributed by atoms with Gasteiger partial charge in [0.15, 0.2) is 0 Å². The van der Waals surface area contributed by atoms with Gasteiger partial charge in [0.25, 0.3) is 0 Å². The average molecular weight is 218 g/mol. The Morgan fingerprint density at radius 3 is 3.00 bits per heavy atom. The van der Waals surface area contributed by atoms with E-state index in [1.807, 2.05) is 19.1 Å². The Labute approximate surface area is 96.2 Å². The van der Waals surface area contributed by atoms with Crippen LogP contribution in [-0.4, -0.2) is 29.8 Å². The maximum atomic E-state index is 4.07. The number of nitrogens with one attached hydrogen (secondary N) is 2. The second kappa shape index (κ2) is 5.61. The first kappa shape index (κ1) is 11.1. The van der Waals surface area contributed by atoms with Gasteiger partial charge in [0, 0.05) is 13.1 Å². The fourth-order valence-corrected chi connectivity index (χ4v) is 1.74. The largest absolute Gasteiger partial charge is 0.368 e. The van der Waals surface area contributed by atoms with Crippen molar-refractivity contribution in [3.63, 3.8) is 0 Å². The van der Waals surface area contributed by atoms with E-state index in [1.165, 1.54) is 12.0 Å². The van der Waals surface area contributed by atoms with Crippen molar-refractivity contribution in [2.45, 2.75) is 19.8 Å². The third kappa shape index (κ3) is 3.31. The van der Waals surface area contributed by atoms with E-state index in [9.17, 15) is 0 Å². The molecule has 0 saturated heterocycles. The van der Waals surface area contributed by atoms with Gasteiger partial charge in [0.1, 0.15) is 5.82 Å². The van der Waals surface area contributed by atoms with Crippen molar-refractivity contribution in [3.05, 3.63) is 29.5 Å². The molecule has 2 rings (SSSR count). The van der Waals surface area contributed by atoms with Crippen molar-refractivity contribution < 1.29 is 0 Å². The van der Waals surface area contributed by atoms with Crippen LogP contribution in [-0.2, 0) is 0 Å². The molecule has 0 bridgehead atoms. The monoisotopic (exact) mass is 218 g/mol. The molecule has 86 valence electrons. The molecule has 4 nitrogen and oxygen atoms in total. The van der Waals surface area contributed by atoms with Crippen molar-refractivity contribution in [2.75, 3.05) is 25.0 Å². The Morgan fingerprint density at radius 2 is 2.31 bits per heavy atom. The van der Waals surface area contributed by atoms with Crippen molar-refractivity contribution in [1.29, 1.82) is 0 Å². The van der Waals surface area contributed by atoms with Gasteiger partial charge in [-0.05, 0) is 38.4 Å². The third-order valence-corrected chi connectivity index (χ3v) is 2.71. The predicted molar refractivity (Wildman–Crippen MR) is 65.4 cm³/mol. The van der Waals surface area contributed by atoms with E-state index in [-0.39, 0.29) is 0 Å². The smallest absolute Gasteiger partial charge is 0.148 e. The van der Waals surface area contributed by atoms with E-state index >= 15 is 0 Å². The molecule has 0 saturated carbocycles. The zero-order valence-corrected chi connectivity index (χ0v) is 9.66. The quantitative estimate of drug-likeness (QED) is 0.752. The molecule has 1 aromatic heterocycles. The molecule has 16 heavy (non-hydrogen) atoms. The van der Waals surface area contributed by atoms with Crippen LogP contribution < -0.4 is 10.6 Å². The first-order valence-electron chi connectivity index (χ1n) is 5.77. The van der Waals surface area contributed by atoms with Gasteiger partial charge in [0.2, 0.25) is 0 Å². The molecule has 0 aliphatic carbocycles. The minimum atomic E-state index is 0.861. The first-order chi connectivity index (χ1) is 7.84. The number of aryl methyl sites for hydroxylation is 1. The van der Waals surface area contributed by atoms with Crippen molar-refractivity contribution in [3.8, 4) is 0 Å². The summed E-state index contributed by atoms with van der Waals surface area (Å²) in [6, 6.07) is 3.94. The van der Waals surface area contributed by atoms with E-state index < -0.39 is 0 Å². The molecule has 1 aromatic rings. The Bertz CT molecular complexity index is 356. The average Bonchev–Trinajstić information content (AvgIpc) is 2.33. The van der Waals surface area contributed by atoms with Gasteiger partial charge < -0.3 is 10.6 Å². The zero-order chi connectivity index (χ0) is 11.2. The second-order valence-corrected chi connectivity index (χ2v) is 4.05. The number of aromatic nitrogens is 2. The molecule has 0 unspecified atom stereocenters. The lowest BCUT2D eigenvalue weighted by Crippen LogP contribution is -2.21. The molecule has 2 heterocycles. The highest BCUT2D eigenvalue weighted by molar-refractivity contribution is 5.32. The summed E-state index contributed by atoms with van der Waals surface area (Å²) in [5, 5.41) is 14.7. The molecule has 0 radical (unpaired) electrons. The highest BCUT2D eigenvalue weighted by atomic mass is 15.2. The van der Waals surface area contributed by atoms with Crippen molar-refractivity contribution in [2.24, 2.45) is 0 Å². The van der Waals surface area contributed by atoms with Crippen LogP contribution in [0.15, 0.2) is 23.8 Å². The number of hydrogen-bond acceptors (Lipinski definition) is 4. The summed E-state index contributed by atoms with van der Waals surface area (Å²) >= 11 is 0. The summed E-state index contributed by atoms with van der Waals surface area (Å²) in [6.45, 7) is 5.00. The van der Waals surface area contributed by atoms with Crippen LogP contribution in [0.25, 0.3) is 0 Å². The zero-order valence-electron chi connectivity index (χ0n) is 9.66. The van der Waals surface area contributed by atoms with Crippen molar-refractivity contribution in [1.82, 2.24) is 15.5 Å². The van der Waals surface area contributed by atoms with Gasteiger partial charge in [-0.25, -0.2) is 0 Å². The first-order valence-corrected chi connectivity index (χ1v) is 5.77. The molecular weight excluding hydrogens is 200 g/mol. The molecule has 0 atom stereocenters. The van der Waals surface area contributed by atoms with Crippen LogP contribution in [0.2, 0.25) is 0 Å². The summed E-state index contributed by atoms with van der Waals surface area (Å²) in [7, 11) is 0. The van der Waals surface area contributed by atoms with Gasteiger partial charge in [-0.2, -0.15) is 5.10 Å². The highest BCUT2D eigenvalue weighted by Crippen LogP contribution is 2.09. The van der Waals surface area contributed by atoms with Crippen LogP contribution in [0.3, 0.4) is 0 Å². The third-order valence-electron chi connectivity index (χ3n) is 2.71. The Hall–Kier alpha value is -1.42. The molecular formula is C12H18N4. The molecule has 0 fully saturated rings. The topological polar surface area (TPSA) is 49.8 Å². The normalized spacial score (nSPS) is 15.7. The Kier molecular flexibility index (Phi) is 3.88. The summed E-state index contributed by atoms with van der Waals surface area (Å²) in [6.07, 6.45) is 4.55. The molecule has 0 amide bonds. The van der Waals surface area contributed by atoms with Gasteiger partial charge in [-0.15, -0.1) is 5.10 Å². The Balaban J connectivity index is 1.75. The van der Waals surface area contributed by atoms with Gasteiger partial charge in [-0.1, -0.05) is 11.6 Å². The van der Waals surface area contributed by atoms with E-state index in [0.717, 1.165) is 37.6 Å². The van der Waals surface area contributed by atoms with E-state index in [0.29, 0.717) is 0 Å². The molecule has 1 aliphatic rings. The molecule has 0 aromatic carbocycles. The summed E-state index contributed by atoms with van der Waals surface area (Å²) in [4.78, 5) is 0. The van der Waals surface area contributed by atoms with Gasteiger partial charge in [0.05, 0.1) is 5.69 Å². The standard InChI is InChI=1S/C12H18N4/c1-10-2-3-12(16-15-10)14-9-6-11-4-7-13-8-5-11/h2-4,13H,5-9H2,1H3,(H,14,16). The number of hydrogen-bond donors (Lipinski definition) is 2. The SMILES string of the molecule is Cc1ccc(NCCC2=CCNCC2)nn1. The van der Waals surface area contributed by atoms with Gasteiger partial charge >= 0.3 is 0 Å². The maximum Gasteiger partial charge on any atom is 0.148 e. The number of rotatable bonds is 4. The fraction of sp³-hybridized carbons (Fsp3) is 0.500. The fourth-order valence-electron chi connectivity index (χ4n) is 1.74. The minimum Gasteiger partial charge on any atom is -0.368 e. The van der Waals surface area contributed by atoms with E-state index in [1.54, 1.807) is 0 Å². The lowest BCUT2D eigenvalue weighted by molar-refractivity contribution is 0.683. The lowest BCUT2D eigenvalue weighted by Gasteiger charge is -2.14. The van der Waals surface area contributed by atoms with Gasteiger partial charge in [-0.3, -0.25) is 0 Å². The summed E-state index contributed by atoms with van der Waals surface area (Å²) in [5.74, 6) is 0.861. The molecule has 4 heteroatoms. The minimum absolute atomic E-state index is 0.861. The van der Waals surface area contributed by atoms with Crippen molar-refractivity contribution >= 4 is 5.82 Å². The lowest BCUT2D eigenvalue weighted by atomic mass is 10.1.